The molecule has 2 fully saturated rings. The number of rotatable bonds is 9. The summed E-state index contributed by atoms with van der Waals surface area (Å²) in [4.78, 5) is 27.3. The van der Waals surface area contributed by atoms with E-state index in [0.717, 1.165) is 39.7 Å². The minimum atomic E-state index is -0.993. The van der Waals surface area contributed by atoms with Crippen LogP contribution in [0.4, 0.5) is 15.0 Å². The molecule has 0 saturated carbocycles. The number of benzene rings is 5. The topological polar surface area (TPSA) is 109 Å². The summed E-state index contributed by atoms with van der Waals surface area (Å²) in [6, 6.07) is 36.1. The Kier molecular flexibility index (Phi) is 11.6. The molecule has 11 nitrogen and oxygen atoms in total. The Labute approximate surface area is 378 Å². The number of carbonyl (C=O) groups is 1. The van der Waals surface area contributed by atoms with Gasteiger partial charge in [-0.3, -0.25) is 0 Å². The number of morpholine rings is 1. The lowest BCUT2D eigenvalue weighted by molar-refractivity contribution is -0.0416. The number of halogens is 3. The molecule has 2 aliphatic heterocycles. The van der Waals surface area contributed by atoms with Crippen LogP contribution >= 0.6 is 34.2 Å². The number of carboxylic acid groups (broad SMARTS) is 1. The smallest absolute Gasteiger partial charge is 0.407 e. The highest BCUT2D eigenvalue weighted by Gasteiger charge is 2.42. The van der Waals surface area contributed by atoms with Crippen LogP contribution in [0.2, 0.25) is 5.02 Å². The highest BCUT2D eigenvalue weighted by Crippen LogP contribution is 2.48. The summed E-state index contributed by atoms with van der Waals surface area (Å²) in [6.07, 6.45) is -1.22. The monoisotopic (exact) mass is 965 g/mol. The van der Waals surface area contributed by atoms with Gasteiger partial charge in [-0.05, 0) is 84.8 Å². The van der Waals surface area contributed by atoms with Crippen LogP contribution in [0.25, 0.3) is 32.9 Å². The average molecular weight is 966 g/mol. The lowest BCUT2D eigenvalue weighted by Crippen LogP contribution is -2.58. The first-order valence-corrected chi connectivity index (χ1v) is 22.2. The van der Waals surface area contributed by atoms with Gasteiger partial charge in [0.2, 0.25) is 0 Å². The van der Waals surface area contributed by atoms with Crippen LogP contribution in [-0.2, 0) is 10.3 Å². The number of fused-ring (bicyclic) bond motifs is 2. The van der Waals surface area contributed by atoms with Crippen molar-refractivity contribution in [3.8, 4) is 17.1 Å². The zero-order valence-electron chi connectivity index (χ0n) is 34.8. The fraction of sp³-hybridized carbons (Fsp3) is 0.292. The van der Waals surface area contributed by atoms with E-state index in [4.69, 9.17) is 36.1 Å². The predicted molar refractivity (Wildman–Crippen MR) is 249 cm³/mol. The van der Waals surface area contributed by atoms with Crippen molar-refractivity contribution >= 4 is 67.9 Å². The number of ether oxygens (including phenoxy) is 2. The van der Waals surface area contributed by atoms with Crippen LogP contribution in [0.5, 0.6) is 6.01 Å². The van der Waals surface area contributed by atoms with Crippen LogP contribution in [0, 0.1) is 16.4 Å². The van der Waals surface area contributed by atoms with Gasteiger partial charge in [-0.25, -0.2) is 13.9 Å². The molecule has 2 aliphatic rings. The first-order valence-electron chi connectivity index (χ1n) is 20.7. The summed E-state index contributed by atoms with van der Waals surface area (Å²) in [6.45, 7) is 8.49. The normalized spacial score (nSPS) is 18.7. The molecule has 3 atom stereocenters. The number of piperazine rings is 1. The van der Waals surface area contributed by atoms with Crippen LogP contribution in [0.15, 0.2) is 109 Å². The van der Waals surface area contributed by atoms with Crippen molar-refractivity contribution in [1.82, 2.24) is 29.5 Å². The average Bonchev–Trinajstić information content (AvgIpc) is 3.61. The van der Waals surface area contributed by atoms with Crippen molar-refractivity contribution in [3.63, 3.8) is 0 Å². The molecule has 0 spiro atoms. The molecule has 9 rings (SSSR count). The van der Waals surface area contributed by atoms with Crippen molar-refractivity contribution in [3.05, 3.63) is 146 Å². The fourth-order valence-electron chi connectivity index (χ4n) is 9.25. The first kappa shape index (κ1) is 42.0. The SMILES string of the molecule is Cc1ccc2c(c(I)nn2C(c2ccccc2)(c2ccccc2)c2ccccc2)c1-c1c(Cl)cc2c(N3C[C@@H](C)N(C(=O)O)C[C@@H]3C)nc(OC[C@H]3CN(C)CCO3)nc2c1F. The molecular weight excluding hydrogens is 920 g/mol. The number of nitrogens with zero attached hydrogens (tertiary/aromatic N) is 7. The van der Waals surface area contributed by atoms with Crippen LogP contribution in [0.1, 0.15) is 36.1 Å². The zero-order chi connectivity index (χ0) is 43.3. The zero-order valence-corrected chi connectivity index (χ0v) is 37.7. The highest BCUT2D eigenvalue weighted by atomic mass is 127. The summed E-state index contributed by atoms with van der Waals surface area (Å²) in [5.41, 5.74) is 4.51. The van der Waals surface area contributed by atoms with Crippen molar-refractivity contribution in [2.75, 3.05) is 51.3 Å². The van der Waals surface area contributed by atoms with Crippen molar-refractivity contribution < 1.29 is 23.8 Å². The van der Waals surface area contributed by atoms with Gasteiger partial charge in [0, 0.05) is 60.2 Å². The van der Waals surface area contributed by atoms with Gasteiger partial charge in [0.1, 0.15) is 33.3 Å². The third-order valence-electron chi connectivity index (χ3n) is 12.2. The number of likely N-dealkylation sites (N-methyl/N-ethyl adjacent to an activating group) is 1. The van der Waals surface area contributed by atoms with E-state index in [0.29, 0.717) is 40.2 Å². The van der Waals surface area contributed by atoms with Gasteiger partial charge in [-0.2, -0.15) is 15.1 Å². The van der Waals surface area contributed by atoms with Crippen LogP contribution in [0.3, 0.4) is 0 Å². The minimum absolute atomic E-state index is 0.00675. The van der Waals surface area contributed by atoms with Crippen molar-refractivity contribution in [2.24, 2.45) is 0 Å². The maximum absolute atomic E-state index is 18.0. The molecule has 7 aromatic rings. The number of anilines is 1. The van der Waals surface area contributed by atoms with E-state index in [9.17, 15) is 9.90 Å². The van der Waals surface area contributed by atoms with E-state index >= 15 is 4.39 Å². The van der Waals surface area contributed by atoms with E-state index < -0.39 is 17.4 Å². The number of hydrogen-bond acceptors (Lipinski definition) is 8. The minimum Gasteiger partial charge on any atom is -0.465 e. The van der Waals surface area contributed by atoms with Gasteiger partial charge in [-0.15, -0.1) is 0 Å². The number of aryl methyl sites for hydroxylation is 1. The van der Waals surface area contributed by atoms with E-state index in [1.807, 2.05) is 93.4 Å². The second kappa shape index (κ2) is 17.1. The standard InChI is InChI=1S/C48H46ClFIN7O4/c1-29-20-21-38-41(44(51)54-58(38)48(32-14-8-5-9-15-32,33-16-10-6-11-17-33)34-18-12-7-13-19-34)39(29)40-37(49)24-36-43(42(40)50)52-46(62-28-35-27-55(4)22-23-61-35)53-45(36)56-25-31(3)57(47(59)60)26-30(56)2/h5-21,24,30-31,35H,22-23,25-28H2,1-4H3,(H,59,60)/t30-,31+,35+/m0/s1. The molecule has 62 heavy (non-hydrogen) atoms. The lowest BCUT2D eigenvalue weighted by atomic mass is 9.77. The third kappa shape index (κ3) is 7.31. The van der Waals surface area contributed by atoms with Gasteiger partial charge in [-0.1, -0.05) is 109 Å². The van der Waals surface area contributed by atoms with Crippen molar-refractivity contribution in [1.29, 1.82) is 0 Å². The van der Waals surface area contributed by atoms with E-state index in [-0.39, 0.29) is 53.5 Å². The molecular formula is C48H46ClFIN7O4. The Balaban J connectivity index is 1.27. The molecule has 2 saturated heterocycles. The molecule has 5 aromatic carbocycles. The van der Waals surface area contributed by atoms with E-state index in [1.165, 1.54) is 4.90 Å². The largest absolute Gasteiger partial charge is 0.465 e. The highest BCUT2D eigenvalue weighted by molar-refractivity contribution is 14.1. The molecule has 1 N–H and O–H groups in total. The molecule has 0 unspecified atom stereocenters. The molecule has 0 bridgehead atoms. The molecule has 1 amide bonds. The molecule has 2 aromatic heterocycles. The molecule has 0 aliphatic carbocycles. The molecule has 14 heteroatoms. The van der Waals surface area contributed by atoms with Gasteiger partial charge < -0.3 is 29.3 Å². The van der Waals surface area contributed by atoms with Crippen LogP contribution in [-0.4, -0.2) is 105 Å². The number of aromatic nitrogens is 4. The third-order valence-corrected chi connectivity index (χ3v) is 13.3. The molecule has 0 radical (unpaired) electrons. The maximum Gasteiger partial charge on any atom is 0.407 e. The number of hydrogen-bond donors (Lipinski definition) is 1. The van der Waals surface area contributed by atoms with Gasteiger partial charge in [0.25, 0.3) is 0 Å². The lowest BCUT2D eigenvalue weighted by Gasteiger charge is -2.43. The summed E-state index contributed by atoms with van der Waals surface area (Å²) >= 11 is 9.59. The number of amides is 1. The van der Waals surface area contributed by atoms with E-state index in [1.54, 1.807) is 6.07 Å². The summed E-state index contributed by atoms with van der Waals surface area (Å²) in [5.74, 6) is -0.210. The molecule has 318 valence electrons. The second-order valence-corrected chi connectivity index (χ2v) is 17.7. The summed E-state index contributed by atoms with van der Waals surface area (Å²) in [5, 5.41) is 16.6. The summed E-state index contributed by atoms with van der Waals surface area (Å²) < 4.78 is 33.0. The van der Waals surface area contributed by atoms with Gasteiger partial charge in [0.05, 0.1) is 17.1 Å². The quantitative estimate of drug-likeness (QED) is 0.112. The summed E-state index contributed by atoms with van der Waals surface area (Å²) in [7, 11) is 2.03. The maximum atomic E-state index is 18.0. The second-order valence-electron chi connectivity index (χ2n) is 16.3. The van der Waals surface area contributed by atoms with Crippen LogP contribution < -0.4 is 9.64 Å². The molecule has 4 heterocycles. The van der Waals surface area contributed by atoms with E-state index in [2.05, 4.69) is 74.6 Å². The Morgan fingerprint density at radius 2 is 1.53 bits per heavy atom. The predicted octanol–water partition coefficient (Wildman–Crippen LogP) is 9.48. The fourth-order valence-corrected chi connectivity index (χ4v) is 10.3. The van der Waals surface area contributed by atoms with Crippen molar-refractivity contribution in [2.45, 2.75) is 44.5 Å². The first-order chi connectivity index (χ1) is 30.0. The Bertz CT molecular complexity index is 2680. The Morgan fingerprint density at radius 3 is 2.13 bits per heavy atom. The Morgan fingerprint density at radius 1 is 0.903 bits per heavy atom. The Hall–Kier alpha value is -5.35. The van der Waals surface area contributed by atoms with Gasteiger partial charge >= 0.3 is 12.1 Å². The van der Waals surface area contributed by atoms with Gasteiger partial charge in [0.15, 0.2) is 5.82 Å².